The molecule has 0 aliphatic rings. The summed E-state index contributed by atoms with van der Waals surface area (Å²) in [4.78, 5) is 13.4. The highest BCUT2D eigenvalue weighted by Crippen LogP contribution is 2.19. The normalized spacial score (nSPS) is 11.4. The second kappa shape index (κ2) is 8.27. The van der Waals surface area contributed by atoms with Crippen molar-refractivity contribution in [2.45, 2.75) is 23.7 Å². The van der Waals surface area contributed by atoms with E-state index in [2.05, 4.69) is 0 Å². The predicted molar refractivity (Wildman–Crippen MR) is 93.9 cm³/mol. The van der Waals surface area contributed by atoms with Crippen molar-refractivity contribution in [3.63, 3.8) is 0 Å². The molecular formula is C18H19F2NO4S. The van der Waals surface area contributed by atoms with E-state index >= 15 is 0 Å². The Bertz CT molecular complexity index is 865. The summed E-state index contributed by atoms with van der Waals surface area (Å²) in [5.74, 6) is -3.97. The molecule has 0 N–H and O–H groups in total. The van der Waals surface area contributed by atoms with Crippen LogP contribution in [0.15, 0.2) is 53.4 Å². The van der Waals surface area contributed by atoms with Crippen molar-refractivity contribution >= 4 is 21.5 Å². The second-order valence-corrected chi connectivity index (χ2v) is 7.77. The number of halogens is 2. The summed E-state index contributed by atoms with van der Waals surface area (Å²) in [5.41, 5.74) is 2.29. The minimum atomic E-state index is -4.63. The molecule has 140 valence electrons. The smallest absolute Gasteiger partial charge is 0.341 e. The number of benzene rings is 2. The minimum Gasteiger partial charge on any atom is -0.461 e. The molecule has 0 spiro atoms. The number of carbonyl (C=O) groups is 1. The van der Waals surface area contributed by atoms with Crippen LogP contribution < -0.4 is 4.90 Å². The summed E-state index contributed by atoms with van der Waals surface area (Å²) in [6.07, 6.45) is -0.0810. The molecule has 0 fully saturated rings. The van der Waals surface area contributed by atoms with E-state index in [4.69, 9.17) is 4.74 Å². The lowest BCUT2D eigenvalue weighted by Gasteiger charge is -2.13. The van der Waals surface area contributed by atoms with Gasteiger partial charge in [-0.15, -0.1) is 0 Å². The van der Waals surface area contributed by atoms with E-state index < -0.39 is 26.5 Å². The van der Waals surface area contributed by atoms with Crippen molar-refractivity contribution in [2.75, 3.05) is 19.0 Å². The molecule has 0 aliphatic carbocycles. The van der Waals surface area contributed by atoms with Gasteiger partial charge in [-0.25, -0.2) is 8.42 Å². The monoisotopic (exact) mass is 383 g/mol. The topological polar surface area (TPSA) is 63.7 Å². The first-order chi connectivity index (χ1) is 12.2. The van der Waals surface area contributed by atoms with Crippen molar-refractivity contribution in [2.24, 2.45) is 0 Å². The number of ether oxygens (including phenoxy) is 1. The number of alkyl halides is 2. The molecular weight excluding hydrogens is 364 g/mol. The van der Waals surface area contributed by atoms with E-state index in [-0.39, 0.29) is 13.0 Å². The van der Waals surface area contributed by atoms with Gasteiger partial charge in [0.15, 0.2) is 0 Å². The van der Waals surface area contributed by atoms with Crippen LogP contribution in [0.2, 0.25) is 0 Å². The molecule has 5 nitrogen and oxygen atoms in total. The first kappa shape index (κ1) is 19.8. The first-order valence-electron chi connectivity index (χ1n) is 7.73. The van der Waals surface area contributed by atoms with Gasteiger partial charge in [0.1, 0.15) is 6.61 Å². The molecule has 2 aromatic rings. The van der Waals surface area contributed by atoms with Crippen LogP contribution >= 0.6 is 0 Å². The maximum atomic E-state index is 12.5. The maximum Gasteiger partial charge on any atom is 0.341 e. The molecule has 0 bridgehead atoms. The SMILES string of the molecule is CN(C)c1cccc(COC(=O)Cc2ccc(S(=O)(=O)C(F)F)cc2)c1. The Morgan fingerprint density at radius 2 is 1.73 bits per heavy atom. The molecule has 0 heterocycles. The van der Waals surface area contributed by atoms with E-state index in [0.717, 1.165) is 23.4 Å². The van der Waals surface area contributed by atoms with Crippen LogP contribution in [-0.4, -0.2) is 34.2 Å². The lowest BCUT2D eigenvalue weighted by Crippen LogP contribution is -2.12. The van der Waals surface area contributed by atoms with Crippen molar-refractivity contribution in [1.29, 1.82) is 0 Å². The number of sulfone groups is 1. The fourth-order valence-electron chi connectivity index (χ4n) is 2.21. The molecule has 0 amide bonds. The summed E-state index contributed by atoms with van der Waals surface area (Å²) >= 11 is 0. The number of hydrogen-bond donors (Lipinski definition) is 0. The predicted octanol–water partition coefficient (Wildman–Crippen LogP) is 3.03. The first-order valence-corrected chi connectivity index (χ1v) is 9.27. The quantitative estimate of drug-likeness (QED) is 0.688. The zero-order valence-electron chi connectivity index (χ0n) is 14.4. The number of esters is 1. The molecule has 2 rings (SSSR count). The zero-order chi connectivity index (χ0) is 19.3. The molecule has 0 unspecified atom stereocenters. The van der Waals surface area contributed by atoms with Gasteiger partial charge in [-0.1, -0.05) is 24.3 Å². The fraction of sp³-hybridized carbons (Fsp3) is 0.278. The third-order valence-electron chi connectivity index (χ3n) is 3.66. The van der Waals surface area contributed by atoms with Gasteiger partial charge in [0.2, 0.25) is 9.84 Å². The average molecular weight is 383 g/mol. The van der Waals surface area contributed by atoms with Crippen LogP contribution in [0.25, 0.3) is 0 Å². The van der Waals surface area contributed by atoms with Crippen molar-refractivity contribution in [1.82, 2.24) is 0 Å². The number of nitrogens with zero attached hydrogens (tertiary/aromatic N) is 1. The fourth-order valence-corrected chi connectivity index (χ4v) is 2.93. The van der Waals surface area contributed by atoms with E-state index in [1.807, 2.05) is 43.3 Å². The Balaban J connectivity index is 1.95. The molecule has 0 atom stereocenters. The van der Waals surface area contributed by atoms with Crippen molar-refractivity contribution in [3.05, 3.63) is 59.7 Å². The standard InChI is InChI=1S/C18H19F2NO4S/c1-21(2)15-5-3-4-14(10-15)12-25-17(22)11-13-6-8-16(9-7-13)26(23,24)18(19)20/h3-10,18H,11-12H2,1-2H3. The van der Waals surface area contributed by atoms with Crippen LogP contribution in [0.3, 0.4) is 0 Å². The molecule has 0 saturated heterocycles. The lowest BCUT2D eigenvalue weighted by molar-refractivity contribution is -0.144. The van der Waals surface area contributed by atoms with Gasteiger partial charge >= 0.3 is 11.7 Å². The summed E-state index contributed by atoms with van der Waals surface area (Å²) < 4.78 is 52.9. The molecule has 8 heteroatoms. The van der Waals surface area contributed by atoms with Gasteiger partial charge in [-0.3, -0.25) is 4.79 Å². The Morgan fingerprint density at radius 3 is 2.31 bits per heavy atom. The van der Waals surface area contributed by atoms with Gasteiger partial charge in [-0.05, 0) is 35.4 Å². The molecule has 26 heavy (non-hydrogen) atoms. The highest BCUT2D eigenvalue weighted by Gasteiger charge is 2.26. The Hall–Kier alpha value is -2.48. The Labute approximate surface area is 151 Å². The van der Waals surface area contributed by atoms with Gasteiger partial charge in [0.25, 0.3) is 0 Å². The lowest BCUT2D eigenvalue weighted by atomic mass is 10.1. The van der Waals surface area contributed by atoms with E-state index in [9.17, 15) is 22.0 Å². The summed E-state index contributed by atoms with van der Waals surface area (Å²) in [5, 5.41) is 0. The second-order valence-electron chi connectivity index (χ2n) is 5.85. The third kappa shape index (κ3) is 5.01. The number of carbonyl (C=O) groups excluding carboxylic acids is 1. The summed E-state index contributed by atoms with van der Waals surface area (Å²) in [6, 6.07) is 12.3. The van der Waals surface area contributed by atoms with Crippen LogP contribution in [0.1, 0.15) is 11.1 Å². The Kier molecular flexibility index (Phi) is 6.31. The number of hydrogen-bond acceptors (Lipinski definition) is 5. The maximum absolute atomic E-state index is 12.5. The van der Waals surface area contributed by atoms with Crippen LogP contribution in [0, 0.1) is 0 Å². The molecule has 2 aromatic carbocycles. The molecule has 0 saturated carbocycles. The van der Waals surface area contributed by atoms with Gasteiger partial charge in [-0.2, -0.15) is 8.78 Å². The van der Waals surface area contributed by atoms with Crippen LogP contribution in [-0.2, 0) is 32.4 Å². The average Bonchev–Trinajstić information content (AvgIpc) is 2.60. The third-order valence-corrected chi connectivity index (χ3v) is 5.06. The highest BCUT2D eigenvalue weighted by molar-refractivity contribution is 7.91. The summed E-state index contributed by atoms with van der Waals surface area (Å²) in [7, 11) is -0.821. The van der Waals surface area contributed by atoms with Crippen molar-refractivity contribution in [3.8, 4) is 0 Å². The van der Waals surface area contributed by atoms with E-state index in [1.54, 1.807) is 0 Å². The summed E-state index contributed by atoms with van der Waals surface area (Å²) in [6.45, 7) is 0.109. The van der Waals surface area contributed by atoms with Crippen LogP contribution in [0.5, 0.6) is 0 Å². The van der Waals surface area contributed by atoms with Gasteiger partial charge < -0.3 is 9.64 Å². The van der Waals surface area contributed by atoms with Crippen molar-refractivity contribution < 1.29 is 26.7 Å². The minimum absolute atomic E-state index is 0.0810. The molecule has 0 aromatic heterocycles. The van der Waals surface area contributed by atoms with Gasteiger partial charge in [0.05, 0.1) is 11.3 Å². The molecule has 0 aliphatic heterocycles. The largest absolute Gasteiger partial charge is 0.461 e. The zero-order valence-corrected chi connectivity index (χ0v) is 15.2. The van der Waals surface area contributed by atoms with Crippen LogP contribution in [0.4, 0.5) is 14.5 Å². The van der Waals surface area contributed by atoms with E-state index in [0.29, 0.717) is 5.56 Å². The number of rotatable bonds is 7. The Morgan fingerprint density at radius 1 is 1.08 bits per heavy atom. The number of anilines is 1. The van der Waals surface area contributed by atoms with Gasteiger partial charge in [0, 0.05) is 19.8 Å². The van der Waals surface area contributed by atoms with E-state index in [1.165, 1.54) is 12.1 Å². The highest BCUT2D eigenvalue weighted by atomic mass is 32.2. The molecule has 0 radical (unpaired) electrons.